The molecule has 3 aromatic rings. The number of carbonyl (C=O) groups is 2. The molecule has 0 radical (unpaired) electrons. The molecule has 0 bridgehead atoms. The van der Waals surface area contributed by atoms with Crippen molar-refractivity contribution in [1.29, 1.82) is 0 Å². The van der Waals surface area contributed by atoms with Gasteiger partial charge in [-0.25, -0.2) is 0 Å². The van der Waals surface area contributed by atoms with Crippen LogP contribution in [0.5, 0.6) is 0 Å². The Bertz CT molecular complexity index is 1080. The predicted octanol–water partition coefficient (Wildman–Crippen LogP) is 4.03. The van der Waals surface area contributed by atoms with E-state index in [1.54, 1.807) is 29.6 Å². The van der Waals surface area contributed by atoms with E-state index in [0.717, 1.165) is 11.1 Å². The highest BCUT2D eigenvalue weighted by Crippen LogP contribution is 2.34. The lowest BCUT2D eigenvalue weighted by Gasteiger charge is -2.11. The van der Waals surface area contributed by atoms with E-state index in [-0.39, 0.29) is 5.91 Å². The molecule has 0 spiro atoms. The normalized spacial score (nSPS) is 16.1. The minimum atomic E-state index is -0.889. The Labute approximate surface area is 164 Å². The zero-order valence-corrected chi connectivity index (χ0v) is 15.6. The summed E-state index contributed by atoms with van der Waals surface area (Å²) in [6.07, 6.45) is 0. The van der Waals surface area contributed by atoms with E-state index in [9.17, 15) is 9.59 Å². The largest absolute Gasteiger partial charge is 0.365 e. The molecule has 1 aliphatic heterocycles. The number of rotatable bonds is 3. The summed E-state index contributed by atoms with van der Waals surface area (Å²) in [4.78, 5) is 29.7. The molecule has 2 aromatic carbocycles. The first-order valence-electron chi connectivity index (χ1n) is 8.16. The third-order valence-electron chi connectivity index (χ3n) is 4.26. The standard InChI is InChI=1S/C20H14ClN3O2S/c21-12-6-7-15-14(10-12)16(11-4-2-1-3-5-11)24-17(20(26)23-15)13-8-9-27-18(13)19(22)25/h1-10,17H,(H2,22,25)(H,23,26). The number of benzene rings is 2. The zero-order chi connectivity index (χ0) is 19.0. The first-order valence-corrected chi connectivity index (χ1v) is 9.41. The summed E-state index contributed by atoms with van der Waals surface area (Å²) in [6.45, 7) is 0. The third kappa shape index (κ3) is 3.25. The Morgan fingerprint density at radius 3 is 2.67 bits per heavy atom. The molecule has 0 fully saturated rings. The molecule has 5 nitrogen and oxygen atoms in total. The van der Waals surface area contributed by atoms with Crippen molar-refractivity contribution in [3.05, 3.63) is 86.6 Å². The van der Waals surface area contributed by atoms with Gasteiger partial charge in [-0.15, -0.1) is 11.3 Å². The number of carbonyl (C=O) groups excluding carboxylic acids is 2. The molecule has 2 amide bonds. The van der Waals surface area contributed by atoms with Gasteiger partial charge >= 0.3 is 0 Å². The maximum absolute atomic E-state index is 12.9. The molecule has 0 saturated heterocycles. The number of nitrogens with one attached hydrogen (secondary N) is 1. The number of primary amides is 1. The van der Waals surface area contributed by atoms with Gasteiger partial charge in [-0.05, 0) is 29.6 Å². The van der Waals surface area contributed by atoms with E-state index in [1.807, 2.05) is 30.3 Å². The monoisotopic (exact) mass is 395 g/mol. The second-order valence-electron chi connectivity index (χ2n) is 5.99. The number of fused-ring (bicyclic) bond motifs is 1. The van der Waals surface area contributed by atoms with E-state index in [0.29, 0.717) is 26.9 Å². The molecule has 1 unspecified atom stereocenters. The maximum Gasteiger partial charge on any atom is 0.259 e. The Balaban J connectivity index is 1.95. The molecule has 3 N–H and O–H groups in total. The highest BCUT2D eigenvalue weighted by molar-refractivity contribution is 7.12. The summed E-state index contributed by atoms with van der Waals surface area (Å²) in [5.41, 5.74) is 8.78. The first kappa shape index (κ1) is 17.5. The number of halogens is 1. The van der Waals surface area contributed by atoms with Crippen LogP contribution in [0.25, 0.3) is 0 Å². The summed E-state index contributed by atoms with van der Waals surface area (Å²) in [7, 11) is 0. The number of aliphatic imine (C=N–C) groups is 1. The lowest BCUT2D eigenvalue weighted by molar-refractivity contribution is -0.117. The maximum atomic E-state index is 12.9. The average Bonchev–Trinajstić information content (AvgIpc) is 3.09. The van der Waals surface area contributed by atoms with Crippen LogP contribution in [0.1, 0.15) is 32.4 Å². The fraction of sp³-hybridized carbons (Fsp3) is 0.0500. The number of anilines is 1. The average molecular weight is 396 g/mol. The van der Waals surface area contributed by atoms with Crippen molar-refractivity contribution in [2.75, 3.05) is 5.32 Å². The van der Waals surface area contributed by atoms with Gasteiger partial charge in [0.25, 0.3) is 11.8 Å². The van der Waals surface area contributed by atoms with Crippen LogP contribution in [0.3, 0.4) is 0 Å². The van der Waals surface area contributed by atoms with Gasteiger partial charge in [0, 0.05) is 21.7 Å². The number of hydrogen-bond donors (Lipinski definition) is 2. The van der Waals surface area contributed by atoms with Crippen molar-refractivity contribution in [3.63, 3.8) is 0 Å². The Hall–Kier alpha value is -2.96. The SMILES string of the molecule is NC(=O)c1sccc1C1N=C(c2ccccc2)c2cc(Cl)ccc2NC1=O. The van der Waals surface area contributed by atoms with Crippen LogP contribution in [0.4, 0.5) is 5.69 Å². The molecule has 134 valence electrons. The number of nitrogens with zero attached hydrogens (tertiary/aromatic N) is 1. The molecule has 7 heteroatoms. The van der Waals surface area contributed by atoms with Crippen LogP contribution in [0, 0.1) is 0 Å². The van der Waals surface area contributed by atoms with Gasteiger partial charge in [0.1, 0.15) is 0 Å². The highest BCUT2D eigenvalue weighted by atomic mass is 35.5. The van der Waals surface area contributed by atoms with Crippen LogP contribution in [-0.2, 0) is 4.79 Å². The summed E-state index contributed by atoms with van der Waals surface area (Å²) < 4.78 is 0. The van der Waals surface area contributed by atoms with Crippen LogP contribution < -0.4 is 11.1 Å². The number of benzodiazepines with no additional fused rings is 1. The molecule has 1 aromatic heterocycles. The zero-order valence-electron chi connectivity index (χ0n) is 14.0. The van der Waals surface area contributed by atoms with Gasteiger partial charge in [0.2, 0.25) is 0 Å². The van der Waals surface area contributed by atoms with Gasteiger partial charge in [0.15, 0.2) is 6.04 Å². The Morgan fingerprint density at radius 2 is 1.93 bits per heavy atom. The number of thiophene rings is 1. The van der Waals surface area contributed by atoms with Crippen LogP contribution in [0.15, 0.2) is 65.0 Å². The van der Waals surface area contributed by atoms with E-state index < -0.39 is 11.9 Å². The lowest BCUT2D eigenvalue weighted by atomic mass is 10.0. The van der Waals surface area contributed by atoms with E-state index >= 15 is 0 Å². The Kier molecular flexibility index (Phi) is 4.51. The first-order chi connectivity index (χ1) is 13.0. The van der Waals surface area contributed by atoms with Gasteiger partial charge in [0.05, 0.1) is 16.3 Å². The molecule has 0 saturated carbocycles. The van der Waals surface area contributed by atoms with E-state index in [2.05, 4.69) is 5.32 Å². The minimum Gasteiger partial charge on any atom is -0.365 e. The molecular formula is C20H14ClN3O2S. The van der Waals surface area contributed by atoms with E-state index in [4.69, 9.17) is 22.3 Å². The number of hydrogen-bond acceptors (Lipinski definition) is 4. The van der Waals surface area contributed by atoms with Gasteiger partial charge in [-0.2, -0.15) is 0 Å². The summed E-state index contributed by atoms with van der Waals surface area (Å²) in [5, 5.41) is 5.17. The molecule has 4 rings (SSSR count). The summed E-state index contributed by atoms with van der Waals surface area (Å²) in [5.74, 6) is -0.903. The van der Waals surface area contributed by atoms with Crippen LogP contribution in [0.2, 0.25) is 5.02 Å². The summed E-state index contributed by atoms with van der Waals surface area (Å²) in [6, 6.07) is 15.6. The van der Waals surface area contributed by atoms with Gasteiger partial charge in [-0.1, -0.05) is 41.9 Å². The fourth-order valence-electron chi connectivity index (χ4n) is 3.05. The topological polar surface area (TPSA) is 84.6 Å². The second-order valence-corrected chi connectivity index (χ2v) is 7.35. The van der Waals surface area contributed by atoms with Crippen LogP contribution in [-0.4, -0.2) is 17.5 Å². The number of nitrogens with two attached hydrogens (primary N) is 1. The third-order valence-corrected chi connectivity index (χ3v) is 5.44. The summed E-state index contributed by atoms with van der Waals surface area (Å²) >= 11 is 7.39. The smallest absolute Gasteiger partial charge is 0.259 e. The second kappa shape index (κ2) is 6.98. The Morgan fingerprint density at radius 1 is 1.15 bits per heavy atom. The van der Waals surface area contributed by atoms with Crippen molar-refractivity contribution in [2.45, 2.75) is 6.04 Å². The molecule has 1 atom stereocenters. The highest BCUT2D eigenvalue weighted by Gasteiger charge is 2.30. The van der Waals surface area contributed by atoms with Crippen molar-refractivity contribution >= 4 is 46.2 Å². The van der Waals surface area contributed by atoms with Crippen molar-refractivity contribution in [2.24, 2.45) is 10.7 Å². The molecule has 2 heterocycles. The predicted molar refractivity (Wildman–Crippen MR) is 108 cm³/mol. The quantitative estimate of drug-likeness (QED) is 0.701. The van der Waals surface area contributed by atoms with Crippen LogP contribution >= 0.6 is 22.9 Å². The van der Waals surface area contributed by atoms with Crippen molar-refractivity contribution in [1.82, 2.24) is 0 Å². The molecule has 0 aliphatic carbocycles. The fourth-order valence-corrected chi connectivity index (χ4v) is 4.01. The van der Waals surface area contributed by atoms with Gasteiger partial charge < -0.3 is 11.1 Å². The number of amides is 2. The molecule has 1 aliphatic rings. The van der Waals surface area contributed by atoms with Crippen molar-refractivity contribution < 1.29 is 9.59 Å². The lowest BCUT2D eigenvalue weighted by Crippen LogP contribution is -2.21. The van der Waals surface area contributed by atoms with Gasteiger partial charge in [-0.3, -0.25) is 14.6 Å². The molecule has 27 heavy (non-hydrogen) atoms. The van der Waals surface area contributed by atoms with Crippen molar-refractivity contribution in [3.8, 4) is 0 Å². The van der Waals surface area contributed by atoms with E-state index in [1.165, 1.54) is 11.3 Å². The minimum absolute atomic E-state index is 0.328. The molecular weight excluding hydrogens is 382 g/mol.